The van der Waals surface area contributed by atoms with Crippen LogP contribution in [0.3, 0.4) is 0 Å². The number of sulfonamides is 1. The van der Waals surface area contributed by atoms with Crippen LogP contribution < -0.4 is 10.0 Å². The van der Waals surface area contributed by atoms with Crippen LogP contribution in [0.25, 0.3) is 0 Å². The van der Waals surface area contributed by atoms with E-state index in [1.807, 2.05) is 30.3 Å². The summed E-state index contributed by atoms with van der Waals surface area (Å²) >= 11 is 3.27. The Labute approximate surface area is 157 Å². The molecule has 0 fully saturated rings. The molecule has 0 unspecified atom stereocenters. The molecule has 7 heteroatoms. The largest absolute Gasteiger partial charge is 0.351 e. The third kappa shape index (κ3) is 5.66. The average Bonchev–Trinajstić information content (AvgIpc) is 2.58. The highest BCUT2D eigenvalue weighted by atomic mass is 79.9. The highest BCUT2D eigenvalue weighted by molar-refractivity contribution is 9.10. The molecule has 2 N–H and O–H groups in total. The van der Waals surface area contributed by atoms with Crippen molar-refractivity contribution >= 4 is 31.9 Å². The molecule has 0 aromatic heterocycles. The summed E-state index contributed by atoms with van der Waals surface area (Å²) in [5, 5.41) is 2.79. The fourth-order valence-electron chi connectivity index (χ4n) is 2.24. The van der Waals surface area contributed by atoms with Gasteiger partial charge in [-0.15, -0.1) is 0 Å². The predicted octanol–water partition coefficient (Wildman–Crippen LogP) is 3.07. The van der Waals surface area contributed by atoms with Crippen LogP contribution in [-0.4, -0.2) is 20.4 Å². The summed E-state index contributed by atoms with van der Waals surface area (Å²) in [6, 6.07) is 14.9. The highest BCUT2D eigenvalue weighted by Gasteiger charge is 2.28. The summed E-state index contributed by atoms with van der Waals surface area (Å²) in [5.74, 6) is -0.541. The molecular formula is C18H21BrN2O3S. The maximum Gasteiger partial charge on any atom is 0.241 e. The fraction of sp³-hybridized carbons (Fsp3) is 0.278. The van der Waals surface area contributed by atoms with Gasteiger partial charge in [-0.25, -0.2) is 8.42 Å². The molecule has 1 amide bonds. The molecule has 5 nitrogen and oxygen atoms in total. The minimum absolute atomic E-state index is 0.122. The van der Waals surface area contributed by atoms with Gasteiger partial charge in [0.1, 0.15) is 6.04 Å². The second-order valence-corrected chi connectivity index (χ2v) is 8.63. The number of amides is 1. The molecule has 0 saturated carbocycles. The quantitative estimate of drug-likeness (QED) is 0.716. The number of hydrogen-bond donors (Lipinski definition) is 2. The van der Waals surface area contributed by atoms with Gasteiger partial charge in [0, 0.05) is 11.0 Å². The summed E-state index contributed by atoms with van der Waals surface area (Å²) in [7, 11) is -3.78. The Morgan fingerprint density at radius 1 is 1.04 bits per heavy atom. The second-order valence-electron chi connectivity index (χ2n) is 6.00. The molecule has 0 spiro atoms. The Morgan fingerprint density at radius 3 is 2.20 bits per heavy atom. The van der Waals surface area contributed by atoms with E-state index in [9.17, 15) is 13.2 Å². The lowest BCUT2D eigenvalue weighted by Crippen LogP contribution is -2.49. The minimum atomic E-state index is -3.78. The maximum atomic E-state index is 12.5. The van der Waals surface area contributed by atoms with Crippen LogP contribution in [0.5, 0.6) is 0 Å². The standard InChI is InChI=1S/C18H21BrN2O3S/c1-13(2)17(18(22)20-12-14-6-4-3-5-7-14)21-25(23,24)16-10-8-15(19)9-11-16/h3-11,13,17,21H,12H2,1-2H3,(H,20,22)/t17-/m1/s1. The first-order chi connectivity index (χ1) is 11.8. The lowest BCUT2D eigenvalue weighted by molar-refractivity contribution is -0.123. The van der Waals surface area contributed by atoms with Gasteiger partial charge in [0.05, 0.1) is 4.90 Å². The van der Waals surface area contributed by atoms with E-state index in [2.05, 4.69) is 26.0 Å². The van der Waals surface area contributed by atoms with Crippen LogP contribution in [0.15, 0.2) is 64.0 Å². The predicted molar refractivity (Wildman–Crippen MR) is 101 cm³/mol. The number of carbonyl (C=O) groups is 1. The van der Waals surface area contributed by atoms with Gasteiger partial charge in [-0.3, -0.25) is 4.79 Å². The monoisotopic (exact) mass is 424 g/mol. The van der Waals surface area contributed by atoms with Crippen molar-refractivity contribution in [3.8, 4) is 0 Å². The van der Waals surface area contributed by atoms with Crippen LogP contribution in [0, 0.1) is 5.92 Å². The third-order valence-electron chi connectivity index (χ3n) is 3.66. The Morgan fingerprint density at radius 2 is 1.64 bits per heavy atom. The van der Waals surface area contributed by atoms with Gasteiger partial charge in [-0.05, 0) is 35.7 Å². The van der Waals surface area contributed by atoms with Crippen molar-refractivity contribution in [3.05, 3.63) is 64.6 Å². The van der Waals surface area contributed by atoms with E-state index in [1.165, 1.54) is 12.1 Å². The van der Waals surface area contributed by atoms with E-state index in [0.717, 1.165) is 10.0 Å². The van der Waals surface area contributed by atoms with Crippen LogP contribution in [0.4, 0.5) is 0 Å². The van der Waals surface area contributed by atoms with Crippen LogP contribution in [0.2, 0.25) is 0 Å². The zero-order valence-electron chi connectivity index (χ0n) is 14.1. The highest BCUT2D eigenvalue weighted by Crippen LogP contribution is 2.16. The third-order valence-corrected chi connectivity index (χ3v) is 5.65. The molecule has 0 heterocycles. The molecule has 2 aromatic carbocycles. The number of carbonyl (C=O) groups excluding carboxylic acids is 1. The van der Waals surface area contributed by atoms with Crippen molar-refractivity contribution in [3.63, 3.8) is 0 Å². The van der Waals surface area contributed by atoms with Crippen molar-refractivity contribution in [2.24, 2.45) is 5.92 Å². The maximum absolute atomic E-state index is 12.5. The molecule has 0 aliphatic rings. The van der Waals surface area contributed by atoms with E-state index in [4.69, 9.17) is 0 Å². The Bertz CT molecular complexity index is 806. The van der Waals surface area contributed by atoms with Crippen molar-refractivity contribution < 1.29 is 13.2 Å². The van der Waals surface area contributed by atoms with Crippen LogP contribution >= 0.6 is 15.9 Å². The molecule has 2 aromatic rings. The van der Waals surface area contributed by atoms with Gasteiger partial charge >= 0.3 is 0 Å². The summed E-state index contributed by atoms with van der Waals surface area (Å²) in [4.78, 5) is 12.6. The Kier molecular flexibility index (Phi) is 6.75. The second kappa shape index (κ2) is 8.60. The number of benzene rings is 2. The summed E-state index contributed by atoms with van der Waals surface area (Å²) in [6.45, 7) is 3.95. The first-order valence-electron chi connectivity index (χ1n) is 7.89. The van der Waals surface area contributed by atoms with Crippen molar-refractivity contribution in [1.29, 1.82) is 0 Å². The zero-order valence-corrected chi connectivity index (χ0v) is 16.5. The molecule has 0 bridgehead atoms. The molecule has 0 saturated heterocycles. The van der Waals surface area contributed by atoms with Gasteiger partial charge in [0.15, 0.2) is 0 Å². The van der Waals surface area contributed by atoms with Gasteiger partial charge in [0.2, 0.25) is 15.9 Å². The minimum Gasteiger partial charge on any atom is -0.351 e. The molecule has 2 rings (SSSR count). The molecule has 0 aliphatic heterocycles. The topological polar surface area (TPSA) is 75.3 Å². The number of hydrogen-bond acceptors (Lipinski definition) is 3. The van der Waals surface area contributed by atoms with Crippen molar-refractivity contribution in [2.75, 3.05) is 0 Å². The summed E-state index contributed by atoms with van der Waals surface area (Å²) in [6.07, 6.45) is 0. The first-order valence-corrected chi connectivity index (χ1v) is 10.2. The normalized spacial score (nSPS) is 12.8. The average molecular weight is 425 g/mol. The molecule has 0 aliphatic carbocycles. The Balaban J connectivity index is 2.09. The van der Waals surface area contributed by atoms with Crippen LogP contribution in [-0.2, 0) is 21.4 Å². The van der Waals surface area contributed by atoms with Gasteiger partial charge in [-0.1, -0.05) is 60.1 Å². The smallest absolute Gasteiger partial charge is 0.241 e. The van der Waals surface area contributed by atoms with E-state index < -0.39 is 16.1 Å². The fourth-order valence-corrected chi connectivity index (χ4v) is 3.84. The van der Waals surface area contributed by atoms with Crippen molar-refractivity contribution in [1.82, 2.24) is 10.0 Å². The summed E-state index contributed by atoms with van der Waals surface area (Å²) in [5.41, 5.74) is 0.953. The van der Waals surface area contributed by atoms with Gasteiger partial charge in [0.25, 0.3) is 0 Å². The van der Waals surface area contributed by atoms with E-state index in [-0.39, 0.29) is 16.7 Å². The van der Waals surface area contributed by atoms with Gasteiger partial charge in [-0.2, -0.15) is 4.72 Å². The zero-order chi connectivity index (χ0) is 18.4. The number of nitrogens with one attached hydrogen (secondary N) is 2. The lowest BCUT2D eigenvalue weighted by Gasteiger charge is -2.21. The molecule has 25 heavy (non-hydrogen) atoms. The molecule has 1 atom stereocenters. The number of halogens is 1. The van der Waals surface area contributed by atoms with E-state index in [0.29, 0.717) is 6.54 Å². The number of rotatable bonds is 7. The lowest BCUT2D eigenvalue weighted by atomic mass is 10.0. The summed E-state index contributed by atoms with van der Waals surface area (Å²) < 4.78 is 28.4. The SMILES string of the molecule is CC(C)[C@@H](NS(=O)(=O)c1ccc(Br)cc1)C(=O)NCc1ccccc1. The molecule has 0 radical (unpaired) electrons. The van der Waals surface area contributed by atoms with E-state index >= 15 is 0 Å². The van der Waals surface area contributed by atoms with E-state index in [1.54, 1.807) is 26.0 Å². The van der Waals surface area contributed by atoms with Crippen molar-refractivity contribution in [2.45, 2.75) is 31.3 Å². The molecule has 134 valence electrons. The molecular weight excluding hydrogens is 404 g/mol. The van der Waals surface area contributed by atoms with Crippen LogP contribution in [0.1, 0.15) is 19.4 Å². The van der Waals surface area contributed by atoms with Gasteiger partial charge < -0.3 is 5.32 Å². The Hall–Kier alpha value is -1.70. The first kappa shape index (κ1) is 19.6.